The molecule has 0 aliphatic heterocycles. The highest BCUT2D eigenvalue weighted by Gasteiger charge is 2.26. The fourth-order valence-corrected chi connectivity index (χ4v) is 2.76. The van der Waals surface area contributed by atoms with Crippen LogP contribution in [-0.2, 0) is 0 Å². The molecule has 2 N–H and O–H groups in total. The first kappa shape index (κ1) is 12.5. The average molecular weight is 294 g/mol. The predicted octanol–water partition coefficient (Wildman–Crippen LogP) is 2.93. The SMILES string of the molecule is NC(=S)c1cnc2ccccc2c1-n1ccc(C2CC2)n1. The number of pyridine rings is 1. The van der Waals surface area contributed by atoms with E-state index in [2.05, 4.69) is 11.1 Å². The Morgan fingerprint density at radius 3 is 2.81 bits per heavy atom. The molecule has 1 aromatic carbocycles. The molecule has 1 fully saturated rings. The normalized spacial score (nSPS) is 14.5. The lowest BCUT2D eigenvalue weighted by atomic mass is 10.1. The van der Waals surface area contributed by atoms with Crippen LogP contribution >= 0.6 is 12.2 Å². The Labute approximate surface area is 127 Å². The third kappa shape index (κ3) is 2.10. The Morgan fingerprint density at radius 1 is 1.24 bits per heavy atom. The zero-order valence-electron chi connectivity index (χ0n) is 11.4. The van der Waals surface area contributed by atoms with Crippen LogP contribution in [0.2, 0.25) is 0 Å². The largest absolute Gasteiger partial charge is 0.389 e. The summed E-state index contributed by atoms with van der Waals surface area (Å²) >= 11 is 5.18. The number of para-hydroxylation sites is 1. The minimum atomic E-state index is 0.340. The lowest BCUT2D eigenvalue weighted by Crippen LogP contribution is -2.15. The molecule has 1 saturated carbocycles. The minimum Gasteiger partial charge on any atom is -0.389 e. The lowest BCUT2D eigenvalue weighted by molar-refractivity contribution is 0.840. The van der Waals surface area contributed by atoms with E-state index < -0.39 is 0 Å². The molecule has 21 heavy (non-hydrogen) atoms. The Hall–Kier alpha value is -2.27. The monoisotopic (exact) mass is 294 g/mol. The maximum absolute atomic E-state index is 5.87. The first-order chi connectivity index (χ1) is 10.2. The van der Waals surface area contributed by atoms with Crippen LogP contribution in [0.1, 0.15) is 30.0 Å². The predicted molar refractivity (Wildman–Crippen MR) is 86.7 cm³/mol. The van der Waals surface area contributed by atoms with Crippen LogP contribution in [0.15, 0.2) is 42.7 Å². The Balaban J connectivity index is 1.98. The van der Waals surface area contributed by atoms with Crippen molar-refractivity contribution >= 4 is 28.1 Å². The van der Waals surface area contributed by atoms with Crippen molar-refractivity contribution in [3.63, 3.8) is 0 Å². The molecule has 4 rings (SSSR count). The highest BCUT2D eigenvalue weighted by Crippen LogP contribution is 2.39. The first-order valence-corrected chi connectivity index (χ1v) is 7.38. The standard InChI is InChI=1S/C16H14N4S/c17-16(21)12-9-18-14-4-2-1-3-11(14)15(12)20-8-7-13(19-20)10-5-6-10/h1-4,7-10H,5-6H2,(H2,17,21). The molecular formula is C16H14N4S. The second kappa shape index (κ2) is 4.63. The quantitative estimate of drug-likeness (QED) is 0.755. The van der Waals surface area contributed by atoms with Crippen molar-refractivity contribution in [1.82, 2.24) is 14.8 Å². The third-order valence-electron chi connectivity index (χ3n) is 3.85. The van der Waals surface area contributed by atoms with E-state index in [0.29, 0.717) is 10.9 Å². The number of rotatable bonds is 3. The van der Waals surface area contributed by atoms with Crippen LogP contribution in [0.3, 0.4) is 0 Å². The van der Waals surface area contributed by atoms with E-state index in [0.717, 1.165) is 27.8 Å². The van der Waals surface area contributed by atoms with Gasteiger partial charge >= 0.3 is 0 Å². The van der Waals surface area contributed by atoms with Gasteiger partial charge in [0.25, 0.3) is 0 Å². The van der Waals surface area contributed by atoms with E-state index in [9.17, 15) is 0 Å². The number of hydrogen-bond donors (Lipinski definition) is 1. The van der Waals surface area contributed by atoms with Crippen molar-refractivity contribution in [3.8, 4) is 5.69 Å². The summed E-state index contributed by atoms with van der Waals surface area (Å²) in [4.78, 5) is 4.77. The molecule has 5 heteroatoms. The number of nitrogens with two attached hydrogens (primary N) is 1. The summed E-state index contributed by atoms with van der Waals surface area (Å²) in [5.74, 6) is 0.618. The fraction of sp³-hybridized carbons (Fsp3) is 0.188. The molecule has 4 nitrogen and oxygen atoms in total. The highest BCUT2D eigenvalue weighted by molar-refractivity contribution is 7.80. The van der Waals surface area contributed by atoms with E-state index in [1.54, 1.807) is 6.20 Å². The van der Waals surface area contributed by atoms with Crippen molar-refractivity contribution < 1.29 is 0 Å². The molecule has 0 radical (unpaired) electrons. The second-order valence-electron chi connectivity index (χ2n) is 5.36. The van der Waals surface area contributed by atoms with Gasteiger partial charge in [0.15, 0.2) is 0 Å². The van der Waals surface area contributed by atoms with Crippen LogP contribution < -0.4 is 5.73 Å². The van der Waals surface area contributed by atoms with Gasteiger partial charge < -0.3 is 5.73 Å². The van der Waals surface area contributed by atoms with Crippen LogP contribution in [0.25, 0.3) is 16.6 Å². The molecule has 0 spiro atoms. The van der Waals surface area contributed by atoms with Gasteiger partial charge in [-0.1, -0.05) is 30.4 Å². The summed E-state index contributed by atoms with van der Waals surface area (Å²) < 4.78 is 1.88. The number of thiocarbonyl (C=S) groups is 1. The van der Waals surface area contributed by atoms with Crippen molar-refractivity contribution in [2.75, 3.05) is 0 Å². The Kier molecular flexibility index (Phi) is 2.75. The van der Waals surface area contributed by atoms with Crippen LogP contribution in [-0.4, -0.2) is 19.8 Å². The number of nitrogens with zero attached hydrogens (tertiary/aromatic N) is 3. The zero-order valence-corrected chi connectivity index (χ0v) is 12.2. The minimum absolute atomic E-state index is 0.340. The third-order valence-corrected chi connectivity index (χ3v) is 4.07. The van der Waals surface area contributed by atoms with E-state index in [1.807, 2.05) is 35.1 Å². The molecule has 0 amide bonds. The average Bonchev–Trinajstić information content (AvgIpc) is 3.24. The molecule has 0 unspecified atom stereocenters. The number of hydrogen-bond acceptors (Lipinski definition) is 3. The number of benzene rings is 1. The van der Waals surface area contributed by atoms with Crippen LogP contribution in [0.5, 0.6) is 0 Å². The molecule has 1 aliphatic rings. The highest BCUT2D eigenvalue weighted by atomic mass is 32.1. The van der Waals surface area contributed by atoms with Crippen molar-refractivity contribution in [2.45, 2.75) is 18.8 Å². The molecule has 1 aliphatic carbocycles. The van der Waals surface area contributed by atoms with Gasteiger partial charge in [-0.05, 0) is 25.0 Å². The van der Waals surface area contributed by atoms with E-state index in [4.69, 9.17) is 23.1 Å². The van der Waals surface area contributed by atoms with Gasteiger partial charge in [0.05, 0.1) is 22.5 Å². The van der Waals surface area contributed by atoms with Gasteiger partial charge in [-0.15, -0.1) is 0 Å². The summed E-state index contributed by atoms with van der Waals surface area (Å²) in [5, 5.41) is 5.72. The van der Waals surface area contributed by atoms with Crippen molar-refractivity contribution in [2.24, 2.45) is 5.73 Å². The molecule has 3 aromatic rings. The summed E-state index contributed by atoms with van der Waals surface area (Å²) in [6, 6.07) is 10.0. The topological polar surface area (TPSA) is 56.7 Å². The summed E-state index contributed by atoms with van der Waals surface area (Å²) in [6.07, 6.45) is 6.18. The molecule has 0 saturated heterocycles. The smallest absolute Gasteiger partial charge is 0.107 e. The van der Waals surface area contributed by atoms with Crippen molar-refractivity contribution in [1.29, 1.82) is 0 Å². The van der Waals surface area contributed by atoms with E-state index >= 15 is 0 Å². The fourth-order valence-electron chi connectivity index (χ4n) is 2.61. The van der Waals surface area contributed by atoms with Gasteiger partial charge in [-0.2, -0.15) is 5.10 Å². The van der Waals surface area contributed by atoms with Crippen molar-refractivity contribution in [3.05, 3.63) is 54.0 Å². The molecule has 104 valence electrons. The first-order valence-electron chi connectivity index (χ1n) is 6.97. The van der Waals surface area contributed by atoms with E-state index in [1.165, 1.54) is 12.8 Å². The molecule has 2 heterocycles. The number of aromatic nitrogens is 3. The van der Waals surface area contributed by atoms with Gasteiger partial charge in [-0.25, -0.2) is 4.68 Å². The molecule has 2 aromatic heterocycles. The Bertz CT molecular complexity index is 848. The lowest BCUT2D eigenvalue weighted by Gasteiger charge is -2.11. The zero-order chi connectivity index (χ0) is 14.4. The van der Waals surface area contributed by atoms with Crippen LogP contribution in [0, 0.1) is 0 Å². The molecular weight excluding hydrogens is 280 g/mol. The summed E-state index contributed by atoms with van der Waals surface area (Å²) in [6.45, 7) is 0. The number of fused-ring (bicyclic) bond motifs is 1. The summed E-state index contributed by atoms with van der Waals surface area (Å²) in [5.41, 5.74) is 9.60. The molecule has 0 bridgehead atoms. The van der Waals surface area contributed by atoms with Gasteiger partial charge in [0.1, 0.15) is 4.99 Å². The Morgan fingerprint density at radius 2 is 2.05 bits per heavy atom. The van der Waals surface area contributed by atoms with E-state index in [-0.39, 0.29) is 0 Å². The second-order valence-corrected chi connectivity index (χ2v) is 5.80. The van der Waals surface area contributed by atoms with Gasteiger partial charge in [0.2, 0.25) is 0 Å². The molecule has 0 atom stereocenters. The van der Waals surface area contributed by atoms with Gasteiger partial charge in [-0.3, -0.25) is 4.98 Å². The summed E-state index contributed by atoms with van der Waals surface area (Å²) in [7, 11) is 0. The van der Waals surface area contributed by atoms with Gasteiger partial charge in [0, 0.05) is 23.7 Å². The van der Waals surface area contributed by atoms with Crippen LogP contribution in [0.4, 0.5) is 0 Å². The maximum atomic E-state index is 5.87. The maximum Gasteiger partial charge on any atom is 0.107 e.